The second-order valence-electron chi connectivity index (χ2n) is 8.24. The van der Waals surface area contributed by atoms with Gasteiger partial charge in [0, 0.05) is 22.9 Å². The Hall–Kier alpha value is -4.33. The third-order valence-corrected chi connectivity index (χ3v) is 6.14. The molecular formula is C26H24N6O2. The number of unbranched alkanes of at least 4 members (excludes halogenated alkanes) is 1. The van der Waals surface area contributed by atoms with Crippen LogP contribution in [0.15, 0.2) is 55.5 Å². The molecule has 4 heterocycles. The minimum absolute atomic E-state index is 0.0950. The maximum atomic E-state index is 12.8. The Morgan fingerprint density at radius 2 is 1.65 bits per heavy atom. The zero-order valence-corrected chi connectivity index (χ0v) is 18.8. The molecule has 0 fully saturated rings. The van der Waals surface area contributed by atoms with Gasteiger partial charge < -0.3 is 0 Å². The molecule has 0 atom stereocenters. The van der Waals surface area contributed by atoms with Crippen molar-refractivity contribution in [1.29, 1.82) is 0 Å². The number of nitrogens with zero attached hydrogens (tertiary/aromatic N) is 4. The van der Waals surface area contributed by atoms with Crippen LogP contribution < -0.4 is 0 Å². The van der Waals surface area contributed by atoms with Gasteiger partial charge in [-0.3, -0.25) is 29.7 Å². The molecule has 2 N–H and O–H groups in total. The van der Waals surface area contributed by atoms with Gasteiger partial charge in [-0.2, -0.15) is 10.2 Å². The predicted octanol–water partition coefficient (Wildman–Crippen LogP) is 4.64. The molecule has 1 aliphatic rings. The molecule has 1 aliphatic heterocycles. The smallest absolute Gasteiger partial charge is 0.261 e. The third-order valence-electron chi connectivity index (χ3n) is 6.14. The SMILES string of the molecule is C=Cc1[nH]ncc1-c1cnc(-c2cn[nH]c2CN2C(=O)c3ccccc3C2=O)cc1CCCC. The standard InChI is InChI=1S/C26H24N6O2/c1-3-5-8-16-11-23(27-12-19(16)20-13-28-30-22(20)4-2)21-14-29-31-24(21)15-32-25(33)17-9-6-7-10-18(17)26(32)34/h4,6-7,9-14H,2-3,5,8,15H2,1H3,(H,28,30)(H,29,31). The fraction of sp³-hybridized carbons (Fsp3) is 0.192. The maximum absolute atomic E-state index is 12.8. The van der Waals surface area contributed by atoms with Crippen LogP contribution in [0.4, 0.5) is 0 Å². The van der Waals surface area contributed by atoms with Crippen molar-refractivity contribution in [1.82, 2.24) is 30.3 Å². The van der Waals surface area contributed by atoms with Crippen LogP contribution in [0.25, 0.3) is 28.5 Å². The number of benzene rings is 1. The first-order valence-corrected chi connectivity index (χ1v) is 11.2. The Balaban J connectivity index is 1.49. The lowest BCUT2D eigenvalue weighted by molar-refractivity contribution is 0.0640. The van der Waals surface area contributed by atoms with Crippen LogP contribution in [-0.4, -0.2) is 42.1 Å². The Bertz CT molecular complexity index is 1360. The van der Waals surface area contributed by atoms with Crippen molar-refractivity contribution < 1.29 is 9.59 Å². The number of pyridine rings is 1. The largest absolute Gasteiger partial charge is 0.280 e. The summed E-state index contributed by atoms with van der Waals surface area (Å²) in [5, 5.41) is 14.3. The summed E-state index contributed by atoms with van der Waals surface area (Å²) in [6.07, 6.45) is 10.0. The van der Waals surface area contributed by atoms with Gasteiger partial charge in [-0.25, -0.2) is 0 Å². The fourth-order valence-corrected chi connectivity index (χ4v) is 4.32. The van der Waals surface area contributed by atoms with Gasteiger partial charge in [0.2, 0.25) is 0 Å². The van der Waals surface area contributed by atoms with E-state index >= 15 is 0 Å². The highest BCUT2D eigenvalue weighted by Crippen LogP contribution is 2.32. The summed E-state index contributed by atoms with van der Waals surface area (Å²) in [4.78, 5) is 31.6. The summed E-state index contributed by atoms with van der Waals surface area (Å²) in [5.41, 5.74) is 6.96. The number of amides is 2. The van der Waals surface area contributed by atoms with E-state index in [1.165, 1.54) is 4.90 Å². The first kappa shape index (κ1) is 21.5. The molecule has 2 amide bonds. The fourth-order valence-electron chi connectivity index (χ4n) is 4.32. The van der Waals surface area contributed by atoms with Gasteiger partial charge in [0.25, 0.3) is 11.8 Å². The Kier molecular flexibility index (Phi) is 5.63. The molecule has 5 rings (SSSR count). The van der Waals surface area contributed by atoms with Gasteiger partial charge in [0.15, 0.2) is 0 Å². The molecule has 34 heavy (non-hydrogen) atoms. The first-order valence-electron chi connectivity index (χ1n) is 11.2. The van der Waals surface area contributed by atoms with Crippen LogP contribution >= 0.6 is 0 Å². The number of aryl methyl sites for hydroxylation is 1. The molecule has 4 aromatic rings. The highest BCUT2D eigenvalue weighted by molar-refractivity contribution is 6.21. The van der Waals surface area contributed by atoms with Gasteiger partial charge in [0.05, 0.1) is 47.1 Å². The number of hydrogen-bond acceptors (Lipinski definition) is 5. The number of rotatable bonds is 8. The lowest BCUT2D eigenvalue weighted by atomic mass is 9.96. The van der Waals surface area contributed by atoms with E-state index in [-0.39, 0.29) is 18.4 Å². The second-order valence-corrected chi connectivity index (χ2v) is 8.24. The van der Waals surface area contributed by atoms with E-state index in [9.17, 15) is 9.59 Å². The van der Waals surface area contributed by atoms with Crippen molar-refractivity contribution in [2.75, 3.05) is 0 Å². The maximum Gasteiger partial charge on any atom is 0.261 e. The molecule has 170 valence electrons. The monoisotopic (exact) mass is 452 g/mol. The number of carbonyl (C=O) groups is 2. The van der Waals surface area contributed by atoms with Gasteiger partial charge in [0.1, 0.15) is 0 Å². The number of H-pyrrole nitrogens is 2. The van der Waals surface area contributed by atoms with Crippen molar-refractivity contribution in [2.45, 2.75) is 32.7 Å². The number of aromatic nitrogens is 5. The highest BCUT2D eigenvalue weighted by Gasteiger charge is 2.35. The molecule has 0 saturated heterocycles. The van der Waals surface area contributed by atoms with Crippen molar-refractivity contribution in [2.24, 2.45) is 0 Å². The third kappa shape index (κ3) is 3.63. The quantitative estimate of drug-likeness (QED) is 0.379. The Labute approximate surface area is 196 Å². The van der Waals surface area contributed by atoms with E-state index in [2.05, 4.69) is 40.0 Å². The molecule has 0 bridgehead atoms. The second kappa shape index (κ2) is 8.90. The average molecular weight is 453 g/mol. The van der Waals surface area contributed by atoms with Crippen LogP contribution in [0.1, 0.15) is 57.4 Å². The zero-order chi connectivity index (χ0) is 23.7. The number of fused-ring (bicyclic) bond motifs is 1. The van der Waals surface area contributed by atoms with Crippen molar-refractivity contribution >= 4 is 17.9 Å². The van der Waals surface area contributed by atoms with Gasteiger partial charge in [-0.05, 0) is 42.7 Å². The van der Waals surface area contributed by atoms with Crippen LogP contribution in [-0.2, 0) is 13.0 Å². The van der Waals surface area contributed by atoms with E-state index in [0.29, 0.717) is 16.8 Å². The molecular weight excluding hydrogens is 428 g/mol. The predicted molar refractivity (Wildman–Crippen MR) is 129 cm³/mol. The Morgan fingerprint density at radius 1 is 0.941 bits per heavy atom. The first-order chi connectivity index (χ1) is 16.6. The lowest BCUT2D eigenvalue weighted by Gasteiger charge is -2.15. The highest BCUT2D eigenvalue weighted by atomic mass is 16.2. The zero-order valence-electron chi connectivity index (χ0n) is 18.8. The van der Waals surface area contributed by atoms with E-state index in [4.69, 9.17) is 4.98 Å². The van der Waals surface area contributed by atoms with Crippen molar-refractivity contribution in [3.8, 4) is 22.4 Å². The number of nitrogens with one attached hydrogen (secondary N) is 2. The molecule has 0 radical (unpaired) electrons. The van der Waals surface area contributed by atoms with E-state index in [0.717, 1.165) is 52.9 Å². The van der Waals surface area contributed by atoms with E-state index in [1.54, 1.807) is 42.7 Å². The number of hydrogen-bond donors (Lipinski definition) is 2. The molecule has 0 aliphatic carbocycles. The molecule has 0 unspecified atom stereocenters. The summed E-state index contributed by atoms with van der Waals surface area (Å²) >= 11 is 0. The van der Waals surface area contributed by atoms with Crippen LogP contribution in [0.5, 0.6) is 0 Å². The minimum Gasteiger partial charge on any atom is -0.280 e. The van der Waals surface area contributed by atoms with E-state index < -0.39 is 0 Å². The summed E-state index contributed by atoms with van der Waals surface area (Å²) in [6, 6.07) is 8.93. The van der Waals surface area contributed by atoms with Crippen LogP contribution in [0, 0.1) is 0 Å². The summed E-state index contributed by atoms with van der Waals surface area (Å²) in [7, 11) is 0. The molecule has 8 nitrogen and oxygen atoms in total. The Morgan fingerprint density at radius 3 is 2.35 bits per heavy atom. The molecule has 8 heteroatoms. The lowest BCUT2D eigenvalue weighted by Crippen LogP contribution is -2.29. The molecule has 3 aromatic heterocycles. The van der Waals surface area contributed by atoms with Crippen molar-refractivity contribution in [3.05, 3.63) is 83.6 Å². The molecule has 0 spiro atoms. The van der Waals surface area contributed by atoms with Gasteiger partial charge in [-0.1, -0.05) is 32.1 Å². The van der Waals surface area contributed by atoms with Crippen molar-refractivity contribution in [3.63, 3.8) is 0 Å². The van der Waals surface area contributed by atoms with Gasteiger partial charge in [-0.15, -0.1) is 0 Å². The minimum atomic E-state index is -0.301. The molecule has 0 saturated carbocycles. The summed E-state index contributed by atoms with van der Waals surface area (Å²) in [5.74, 6) is -0.602. The van der Waals surface area contributed by atoms with Gasteiger partial charge >= 0.3 is 0 Å². The van der Waals surface area contributed by atoms with E-state index in [1.807, 2.05) is 6.20 Å². The average Bonchev–Trinajstić information content (AvgIpc) is 3.59. The number of aromatic amines is 2. The number of imide groups is 1. The summed E-state index contributed by atoms with van der Waals surface area (Å²) < 4.78 is 0. The normalized spacial score (nSPS) is 12.9. The summed E-state index contributed by atoms with van der Waals surface area (Å²) in [6.45, 7) is 6.12. The number of carbonyl (C=O) groups excluding carboxylic acids is 2. The van der Waals surface area contributed by atoms with Crippen LogP contribution in [0.2, 0.25) is 0 Å². The topological polar surface area (TPSA) is 108 Å². The molecule has 1 aromatic carbocycles. The van der Waals surface area contributed by atoms with Crippen LogP contribution in [0.3, 0.4) is 0 Å².